The monoisotopic (exact) mass is 705 g/mol. The maximum absolute atomic E-state index is 12.4. The van der Waals surface area contributed by atoms with Crippen LogP contribution in [0.3, 0.4) is 0 Å². The molecule has 5 aromatic carbocycles. The van der Waals surface area contributed by atoms with Gasteiger partial charge in [-0.05, 0) is 36.6 Å². The zero-order valence-electron chi connectivity index (χ0n) is 25.1. The Morgan fingerprint density at radius 1 is 0.673 bits per heavy atom. The summed E-state index contributed by atoms with van der Waals surface area (Å²) in [4.78, 5) is 20.2. The Kier molecular flexibility index (Phi) is 10.9. The Hall–Kier alpha value is -6.72. The molecule has 1 aromatic heterocycles. The molecule has 6 aromatic rings. The molecule has 0 spiro atoms. The van der Waals surface area contributed by atoms with Gasteiger partial charge in [-0.25, -0.2) is 4.68 Å². The van der Waals surface area contributed by atoms with Crippen LogP contribution in [0.5, 0.6) is 23.1 Å². The quantitative estimate of drug-likeness (QED) is 0.0966. The number of phenolic OH excluding ortho intramolecular Hbond substituents is 2. The summed E-state index contributed by atoms with van der Waals surface area (Å²) in [5.74, 6) is -1.43. The number of benzene rings is 5. The van der Waals surface area contributed by atoms with Gasteiger partial charge in [0, 0.05) is 29.5 Å². The Balaban J connectivity index is 0.000000217. The van der Waals surface area contributed by atoms with Crippen molar-refractivity contribution in [2.24, 2.45) is 20.5 Å². The molecule has 0 saturated heterocycles. The van der Waals surface area contributed by atoms with Gasteiger partial charge in [-0.1, -0.05) is 60.3 Å². The number of nitro groups is 2. The summed E-state index contributed by atoms with van der Waals surface area (Å²) in [6.45, 7) is 1.58. The summed E-state index contributed by atoms with van der Waals surface area (Å²) in [6, 6.07) is 26.0. The van der Waals surface area contributed by atoms with Gasteiger partial charge in [-0.3, -0.25) is 20.2 Å². The van der Waals surface area contributed by atoms with Crippen LogP contribution in [0.25, 0.3) is 16.5 Å². The van der Waals surface area contributed by atoms with Gasteiger partial charge in [0.05, 0.1) is 33.0 Å². The molecule has 0 aliphatic rings. The fraction of sp³-hybridized carbons (Fsp3) is 0.0312. The van der Waals surface area contributed by atoms with Crippen LogP contribution in [0, 0.1) is 27.2 Å². The minimum absolute atomic E-state index is 0. The van der Waals surface area contributed by atoms with Crippen molar-refractivity contribution in [1.29, 1.82) is 0 Å². The SMILES string of the molecule is Cc1nn(-c2ccccc2)c([O-])c1N=Nc1cc([N+](=O)[O-])ccc1[O-].O=[N+]([O-])c1ccc(N=Nc2c(O)ccc3ccccc23)c(O)c1.[Co+3]. The molecule has 49 heavy (non-hydrogen) atoms. The number of para-hydroxylation sites is 1. The van der Waals surface area contributed by atoms with Gasteiger partial charge >= 0.3 is 16.8 Å². The molecule has 0 aliphatic heterocycles. The third kappa shape index (κ3) is 7.99. The van der Waals surface area contributed by atoms with Crippen LogP contribution >= 0.6 is 0 Å². The van der Waals surface area contributed by atoms with Crippen molar-refractivity contribution in [3.05, 3.63) is 129 Å². The van der Waals surface area contributed by atoms with E-state index in [0.717, 1.165) is 29.7 Å². The largest absolute Gasteiger partial charge is 3.00 e. The molecule has 0 atom stereocenters. The zero-order chi connectivity index (χ0) is 34.4. The van der Waals surface area contributed by atoms with Crippen molar-refractivity contribution in [3.8, 4) is 28.8 Å². The fourth-order valence-electron chi connectivity index (χ4n) is 4.32. The number of hydrogen-bond donors (Lipinski definition) is 2. The Morgan fingerprint density at radius 2 is 1.29 bits per heavy atom. The molecule has 1 heterocycles. The van der Waals surface area contributed by atoms with E-state index in [-0.39, 0.29) is 62.4 Å². The summed E-state index contributed by atoms with van der Waals surface area (Å²) in [7, 11) is 0. The first kappa shape index (κ1) is 35.1. The average molecular weight is 706 g/mol. The normalized spacial score (nSPS) is 10.9. The number of aryl methyl sites for hydroxylation is 1. The first-order chi connectivity index (χ1) is 23.0. The minimum Gasteiger partial charge on any atom is -0.871 e. The fourth-order valence-corrected chi connectivity index (χ4v) is 4.32. The molecule has 0 unspecified atom stereocenters. The molecule has 6 rings (SSSR count). The number of rotatable bonds is 7. The Bertz CT molecular complexity index is 2230. The van der Waals surface area contributed by atoms with Gasteiger partial charge in [0.2, 0.25) is 0 Å². The van der Waals surface area contributed by atoms with Crippen LogP contribution in [0.2, 0.25) is 0 Å². The second-order valence-corrected chi connectivity index (χ2v) is 9.88. The van der Waals surface area contributed by atoms with E-state index in [1.54, 1.807) is 43.3 Å². The predicted octanol–water partition coefficient (Wildman–Crippen LogP) is 7.22. The van der Waals surface area contributed by atoms with E-state index in [0.29, 0.717) is 16.8 Å². The molecule has 246 valence electrons. The van der Waals surface area contributed by atoms with Gasteiger partial charge in [0.1, 0.15) is 28.6 Å². The number of non-ortho nitro benzene ring substituents is 2. The van der Waals surface area contributed by atoms with E-state index in [2.05, 4.69) is 25.6 Å². The molecule has 0 aliphatic carbocycles. The molecule has 2 N–H and O–H groups in total. The Labute approximate surface area is 286 Å². The van der Waals surface area contributed by atoms with Gasteiger partial charge in [0.15, 0.2) is 0 Å². The predicted molar refractivity (Wildman–Crippen MR) is 169 cm³/mol. The molecular formula is C32H22CoN8O8+. The van der Waals surface area contributed by atoms with Gasteiger partial charge in [0.25, 0.3) is 11.4 Å². The molecule has 0 fully saturated rings. The first-order valence-electron chi connectivity index (χ1n) is 13.8. The van der Waals surface area contributed by atoms with Gasteiger partial charge < -0.3 is 20.4 Å². The van der Waals surface area contributed by atoms with Crippen molar-refractivity contribution in [2.45, 2.75) is 6.92 Å². The number of hydrogen-bond acceptors (Lipinski definition) is 13. The van der Waals surface area contributed by atoms with Gasteiger partial charge in [-0.15, -0.1) is 15.3 Å². The van der Waals surface area contributed by atoms with Crippen molar-refractivity contribution in [3.63, 3.8) is 0 Å². The molecule has 0 saturated carbocycles. The minimum atomic E-state index is -0.643. The maximum atomic E-state index is 12.4. The van der Waals surface area contributed by atoms with E-state index >= 15 is 0 Å². The third-order valence-electron chi connectivity index (χ3n) is 6.71. The second-order valence-electron chi connectivity index (χ2n) is 9.88. The maximum Gasteiger partial charge on any atom is 3.00 e. The van der Waals surface area contributed by atoms with E-state index in [1.807, 2.05) is 24.3 Å². The summed E-state index contributed by atoms with van der Waals surface area (Å²) in [5, 5.41) is 86.4. The second kappa shape index (κ2) is 15.2. The summed E-state index contributed by atoms with van der Waals surface area (Å²) >= 11 is 0. The standard InChI is InChI=1S/C16H13N5O4.C16H11N3O4.Co/c1-10-15(16(23)20(19-10)11-5-3-2-4-6-11)18-17-13-9-12(21(24)25)7-8-14(13)22;20-14-8-5-10-3-1-2-4-12(10)16(14)18-17-13-7-6-11(19(22)23)9-15(13)21;/h2-9,22-23H,1H3;1-9,20-21H;/q;;+3/p-2. The van der Waals surface area contributed by atoms with Crippen molar-refractivity contribution < 1.29 is 47.1 Å². The smallest absolute Gasteiger partial charge is 0.871 e. The summed E-state index contributed by atoms with van der Waals surface area (Å²) in [5.41, 5.74) is 0.452. The number of aromatic nitrogens is 2. The van der Waals surface area contributed by atoms with E-state index in [9.17, 15) is 40.7 Å². The number of nitrogens with zero attached hydrogens (tertiary/aromatic N) is 8. The van der Waals surface area contributed by atoms with Crippen LogP contribution in [0.1, 0.15) is 5.69 Å². The van der Waals surface area contributed by atoms with E-state index in [1.165, 1.54) is 22.9 Å². The molecule has 17 heteroatoms. The third-order valence-corrected chi connectivity index (χ3v) is 6.71. The number of nitro benzene ring substituents is 2. The summed E-state index contributed by atoms with van der Waals surface area (Å²) < 4.78 is 1.18. The Morgan fingerprint density at radius 3 is 1.98 bits per heavy atom. The first-order valence-corrected chi connectivity index (χ1v) is 13.8. The van der Waals surface area contributed by atoms with Crippen molar-refractivity contribution >= 4 is 44.9 Å². The van der Waals surface area contributed by atoms with Crippen molar-refractivity contribution in [2.75, 3.05) is 0 Å². The average Bonchev–Trinajstić information content (AvgIpc) is 3.37. The van der Waals surface area contributed by atoms with Crippen LogP contribution in [0.4, 0.5) is 34.1 Å². The van der Waals surface area contributed by atoms with Crippen LogP contribution in [0.15, 0.2) is 124 Å². The number of azo groups is 2. The van der Waals surface area contributed by atoms with Crippen LogP contribution < -0.4 is 10.2 Å². The summed E-state index contributed by atoms with van der Waals surface area (Å²) in [6.07, 6.45) is 0. The van der Waals surface area contributed by atoms with E-state index < -0.39 is 21.5 Å². The zero-order valence-corrected chi connectivity index (χ0v) is 26.1. The molecule has 0 amide bonds. The molecular weight excluding hydrogens is 683 g/mol. The number of fused-ring (bicyclic) bond motifs is 1. The van der Waals surface area contributed by atoms with Crippen LogP contribution in [-0.4, -0.2) is 29.8 Å². The topological polar surface area (TPSA) is 240 Å². The molecule has 0 radical (unpaired) electrons. The number of phenols is 2. The van der Waals surface area contributed by atoms with Crippen LogP contribution in [-0.2, 0) is 16.8 Å². The van der Waals surface area contributed by atoms with Crippen molar-refractivity contribution in [1.82, 2.24) is 9.78 Å². The van der Waals surface area contributed by atoms with Gasteiger partial charge in [-0.2, -0.15) is 10.2 Å². The molecule has 0 bridgehead atoms. The molecule has 16 nitrogen and oxygen atoms in total. The van der Waals surface area contributed by atoms with E-state index in [4.69, 9.17) is 0 Å². The number of aromatic hydroxyl groups is 2.